The first-order chi connectivity index (χ1) is 34.5. The molecule has 0 bridgehead atoms. The number of phosphoric ester groups is 1. The SMILES string of the molecule is CCCCCCC/C=C\C/C=C\CCCCCCCCCCCCCCCCCCCCCCCCCCCC(=O)OC(COC(=O)CCCCCCCCCCCC)COP(=O)(O)OCC[N+](C)(C)C. The summed E-state index contributed by atoms with van der Waals surface area (Å²) in [6, 6.07) is 0. The number of unbranched alkanes of at least 4 members (excludes halogenated alkanes) is 39. The first kappa shape index (κ1) is 69.5. The van der Waals surface area contributed by atoms with Gasteiger partial charge in [0.05, 0.1) is 27.7 Å². The van der Waals surface area contributed by atoms with Crippen LogP contribution in [0.25, 0.3) is 0 Å². The predicted molar refractivity (Wildman–Crippen MR) is 303 cm³/mol. The van der Waals surface area contributed by atoms with Gasteiger partial charge in [0.1, 0.15) is 19.8 Å². The normalized spacial score (nSPS) is 13.4. The van der Waals surface area contributed by atoms with Crippen LogP contribution in [0.2, 0.25) is 0 Å². The van der Waals surface area contributed by atoms with Gasteiger partial charge in [0, 0.05) is 12.8 Å². The Hall–Kier alpha value is -1.51. The van der Waals surface area contributed by atoms with E-state index >= 15 is 0 Å². The Morgan fingerprint density at radius 1 is 0.437 bits per heavy atom. The molecule has 0 rings (SSSR count). The highest BCUT2D eigenvalue weighted by Gasteiger charge is 2.27. The highest BCUT2D eigenvalue weighted by Crippen LogP contribution is 2.43. The minimum Gasteiger partial charge on any atom is -0.462 e. The summed E-state index contributed by atoms with van der Waals surface area (Å²) in [6.07, 6.45) is 64.4. The van der Waals surface area contributed by atoms with E-state index in [2.05, 4.69) is 38.2 Å². The van der Waals surface area contributed by atoms with Crippen LogP contribution in [-0.4, -0.2) is 74.9 Å². The molecule has 2 atom stereocenters. The number of phosphoric acid groups is 1. The average Bonchev–Trinajstić information content (AvgIpc) is 3.33. The number of ether oxygens (including phenoxy) is 2. The van der Waals surface area contributed by atoms with Crippen molar-refractivity contribution in [1.82, 2.24) is 0 Å². The highest BCUT2D eigenvalue weighted by molar-refractivity contribution is 7.47. The van der Waals surface area contributed by atoms with Gasteiger partial charge in [-0.3, -0.25) is 18.6 Å². The van der Waals surface area contributed by atoms with Crippen LogP contribution in [0.1, 0.15) is 303 Å². The van der Waals surface area contributed by atoms with Gasteiger partial charge in [0.25, 0.3) is 0 Å². The van der Waals surface area contributed by atoms with Crippen molar-refractivity contribution in [3.05, 3.63) is 24.3 Å². The molecule has 0 aliphatic heterocycles. The van der Waals surface area contributed by atoms with E-state index in [1.54, 1.807) is 0 Å². The van der Waals surface area contributed by atoms with Gasteiger partial charge >= 0.3 is 19.8 Å². The van der Waals surface area contributed by atoms with E-state index in [1.165, 1.54) is 231 Å². The number of esters is 2. The molecule has 0 saturated carbocycles. The van der Waals surface area contributed by atoms with Crippen molar-refractivity contribution >= 4 is 19.8 Å². The molecule has 10 heteroatoms. The molecule has 0 spiro atoms. The molecule has 0 aromatic heterocycles. The Kier molecular flexibility index (Phi) is 52.2. The Balaban J connectivity index is 3.84. The maximum absolute atomic E-state index is 12.8. The summed E-state index contributed by atoms with van der Waals surface area (Å²) in [5, 5.41) is 0. The fourth-order valence-corrected chi connectivity index (χ4v) is 9.73. The number of hydrogen-bond acceptors (Lipinski definition) is 7. The Morgan fingerprint density at radius 2 is 0.761 bits per heavy atom. The lowest BCUT2D eigenvalue weighted by Gasteiger charge is -2.24. The fraction of sp³-hybridized carbons (Fsp3) is 0.902. The molecule has 0 radical (unpaired) electrons. The smallest absolute Gasteiger partial charge is 0.462 e. The van der Waals surface area contributed by atoms with Gasteiger partial charge in [-0.05, 0) is 44.9 Å². The second-order valence-corrected chi connectivity index (χ2v) is 23.6. The summed E-state index contributed by atoms with van der Waals surface area (Å²) in [4.78, 5) is 35.5. The van der Waals surface area contributed by atoms with Crippen molar-refractivity contribution in [3.63, 3.8) is 0 Å². The van der Waals surface area contributed by atoms with Gasteiger partial charge in [-0.2, -0.15) is 0 Å². The molecule has 0 heterocycles. The van der Waals surface area contributed by atoms with Crippen molar-refractivity contribution in [3.8, 4) is 0 Å². The van der Waals surface area contributed by atoms with E-state index in [0.29, 0.717) is 17.4 Å². The maximum Gasteiger partial charge on any atom is 0.472 e. The van der Waals surface area contributed by atoms with Crippen LogP contribution < -0.4 is 0 Å². The maximum atomic E-state index is 12.8. The molecule has 2 unspecified atom stereocenters. The summed E-state index contributed by atoms with van der Waals surface area (Å²) in [6.45, 7) is 4.45. The van der Waals surface area contributed by atoms with Gasteiger partial charge in [0.2, 0.25) is 0 Å². The minimum absolute atomic E-state index is 0.0357. The molecule has 0 fully saturated rings. The zero-order chi connectivity index (χ0) is 52.0. The number of likely N-dealkylation sites (N-methyl/N-ethyl adjacent to an activating group) is 1. The van der Waals surface area contributed by atoms with Gasteiger partial charge < -0.3 is 18.9 Å². The zero-order valence-corrected chi connectivity index (χ0v) is 48.6. The van der Waals surface area contributed by atoms with Gasteiger partial charge in [-0.25, -0.2) is 4.57 Å². The number of allylic oxidation sites excluding steroid dienone is 4. The molecule has 0 aliphatic carbocycles. The van der Waals surface area contributed by atoms with E-state index in [4.69, 9.17) is 18.5 Å². The summed E-state index contributed by atoms with van der Waals surface area (Å²) in [5.41, 5.74) is 0. The zero-order valence-electron chi connectivity index (χ0n) is 47.7. The van der Waals surface area contributed by atoms with E-state index in [-0.39, 0.29) is 25.6 Å². The summed E-state index contributed by atoms with van der Waals surface area (Å²) in [5.74, 6) is -0.783. The third-order valence-electron chi connectivity index (χ3n) is 13.7. The largest absolute Gasteiger partial charge is 0.472 e. The van der Waals surface area contributed by atoms with Crippen molar-refractivity contribution < 1.29 is 42.1 Å². The molecule has 0 amide bonds. The van der Waals surface area contributed by atoms with Gasteiger partial charge in [-0.1, -0.05) is 269 Å². The summed E-state index contributed by atoms with van der Waals surface area (Å²) < 4.78 is 34.5. The lowest BCUT2D eigenvalue weighted by molar-refractivity contribution is -0.870. The van der Waals surface area contributed by atoms with Crippen LogP contribution in [0.3, 0.4) is 0 Å². The molecule has 0 aromatic rings. The van der Waals surface area contributed by atoms with E-state index < -0.39 is 26.5 Å². The second-order valence-electron chi connectivity index (χ2n) is 22.1. The average molecular weight is 1030 g/mol. The van der Waals surface area contributed by atoms with Crippen molar-refractivity contribution in [2.75, 3.05) is 47.5 Å². The molecular formula is C61H119NO8P+. The van der Waals surface area contributed by atoms with E-state index in [0.717, 1.165) is 44.9 Å². The molecular weight excluding hydrogens is 906 g/mol. The standard InChI is InChI=1S/C61H118NO8P/c1-6-8-10-12-14-16-18-19-20-21-22-23-24-25-26-27-28-29-30-31-32-33-34-35-36-37-38-39-40-41-42-43-44-46-48-50-52-54-61(64)70-59(58-69-71(65,66)68-56-55-62(3,4)5)57-67-60(63)53-51-49-47-45-17-15-13-11-9-7-2/h18-19,21-22,59H,6-17,20,23-58H2,1-5H3/p+1/b19-18-,22-21-. The molecule has 1 N–H and O–H groups in total. The number of quaternary nitrogens is 1. The third kappa shape index (κ3) is 57.6. The number of hydrogen-bond donors (Lipinski definition) is 1. The Labute approximate surface area is 440 Å². The predicted octanol–water partition coefficient (Wildman–Crippen LogP) is 19.0. The van der Waals surface area contributed by atoms with Crippen LogP contribution in [0, 0.1) is 0 Å². The molecule has 0 saturated heterocycles. The van der Waals surface area contributed by atoms with Gasteiger partial charge in [-0.15, -0.1) is 0 Å². The quantitative estimate of drug-likeness (QED) is 0.0211. The Morgan fingerprint density at radius 3 is 1.11 bits per heavy atom. The van der Waals surface area contributed by atoms with Crippen LogP contribution in [0.5, 0.6) is 0 Å². The molecule has 420 valence electrons. The monoisotopic (exact) mass is 1020 g/mol. The lowest BCUT2D eigenvalue weighted by Crippen LogP contribution is -2.37. The third-order valence-corrected chi connectivity index (χ3v) is 14.7. The lowest BCUT2D eigenvalue weighted by atomic mass is 10.0. The Bertz CT molecular complexity index is 1250. The van der Waals surface area contributed by atoms with Gasteiger partial charge in [0.15, 0.2) is 6.10 Å². The van der Waals surface area contributed by atoms with E-state index in [1.807, 2.05) is 21.1 Å². The topological polar surface area (TPSA) is 108 Å². The highest BCUT2D eigenvalue weighted by atomic mass is 31.2. The van der Waals surface area contributed by atoms with Crippen molar-refractivity contribution in [2.24, 2.45) is 0 Å². The molecule has 0 aliphatic rings. The first-order valence-electron chi connectivity index (χ1n) is 30.6. The number of rotatable bonds is 57. The molecule has 9 nitrogen and oxygen atoms in total. The number of carbonyl (C=O) groups is 2. The first-order valence-corrected chi connectivity index (χ1v) is 32.1. The number of nitrogens with zero attached hydrogens (tertiary/aromatic N) is 1. The molecule has 71 heavy (non-hydrogen) atoms. The fourth-order valence-electron chi connectivity index (χ4n) is 8.99. The van der Waals surface area contributed by atoms with Crippen LogP contribution in [0.4, 0.5) is 0 Å². The van der Waals surface area contributed by atoms with Crippen molar-refractivity contribution in [2.45, 2.75) is 309 Å². The summed E-state index contributed by atoms with van der Waals surface area (Å²) in [7, 11) is 1.49. The molecule has 0 aromatic carbocycles. The van der Waals surface area contributed by atoms with Crippen LogP contribution in [-0.2, 0) is 32.7 Å². The van der Waals surface area contributed by atoms with Crippen LogP contribution >= 0.6 is 7.82 Å². The second kappa shape index (κ2) is 53.3. The van der Waals surface area contributed by atoms with Crippen molar-refractivity contribution in [1.29, 1.82) is 0 Å². The summed E-state index contributed by atoms with van der Waals surface area (Å²) >= 11 is 0. The van der Waals surface area contributed by atoms with E-state index in [9.17, 15) is 19.0 Å². The minimum atomic E-state index is -4.37. The van der Waals surface area contributed by atoms with Crippen LogP contribution in [0.15, 0.2) is 24.3 Å². The number of carbonyl (C=O) groups excluding carboxylic acids is 2.